The van der Waals surface area contributed by atoms with E-state index in [1.165, 1.54) is 0 Å². The van der Waals surface area contributed by atoms with E-state index < -0.39 is 0 Å². The molecular weight excluding hydrogens is 362 g/mol. The number of nitrogens with zero attached hydrogens (tertiary/aromatic N) is 1. The summed E-state index contributed by atoms with van der Waals surface area (Å²) in [7, 11) is 4.69. The van der Waals surface area contributed by atoms with E-state index in [-0.39, 0.29) is 17.7 Å². The summed E-state index contributed by atoms with van der Waals surface area (Å²) in [6.07, 6.45) is 2.54. The van der Waals surface area contributed by atoms with E-state index in [2.05, 4.69) is 5.32 Å². The van der Waals surface area contributed by atoms with Gasteiger partial charge in [0.2, 0.25) is 17.6 Å². The highest BCUT2D eigenvalue weighted by Gasteiger charge is 2.28. The Balaban J connectivity index is 1.97. The van der Waals surface area contributed by atoms with Crippen LogP contribution < -0.4 is 25.3 Å². The number of carbonyl (C=O) groups excluding carboxylic acids is 2. The maximum atomic E-state index is 12.7. The Bertz CT molecular complexity index is 655. The Labute approximate surface area is 166 Å². The standard InChI is InChI=1S/C20H31N3O5/c1-26-16-11-14(12-17(27-2)19(16)28-3)6-7-18(24)23-10-4-5-15(13-23)20(25)22-9-8-21/h11-12,15H,4-10,13,21H2,1-3H3,(H,22,25). The van der Waals surface area contributed by atoms with Crippen LogP contribution >= 0.6 is 0 Å². The summed E-state index contributed by atoms with van der Waals surface area (Å²) >= 11 is 0. The van der Waals surface area contributed by atoms with Gasteiger partial charge in [0, 0.05) is 32.6 Å². The van der Waals surface area contributed by atoms with Gasteiger partial charge in [-0.1, -0.05) is 0 Å². The number of likely N-dealkylation sites (tertiary alicyclic amines) is 1. The van der Waals surface area contributed by atoms with Gasteiger partial charge in [0.1, 0.15) is 0 Å². The van der Waals surface area contributed by atoms with Crippen LogP contribution in [-0.2, 0) is 16.0 Å². The third kappa shape index (κ3) is 5.51. The predicted octanol–water partition coefficient (Wildman–Crippen LogP) is 0.959. The molecule has 8 nitrogen and oxygen atoms in total. The average Bonchev–Trinajstić information content (AvgIpc) is 2.74. The number of hydrogen-bond acceptors (Lipinski definition) is 6. The molecule has 1 aliphatic heterocycles. The van der Waals surface area contributed by atoms with Crippen molar-refractivity contribution < 1.29 is 23.8 Å². The number of carbonyl (C=O) groups is 2. The predicted molar refractivity (Wildman–Crippen MR) is 106 cm³/mol. The van der Waals surface area contributed by atoms with Crippen LogP contribution in [0.15, 0.2) is 12.1 Å². The lowest BCUT2D eigenvalue weighted by Gasteiger charge is -2.32. The van der Waals surface area contributed by atoms with E-state index in [0.29, 0.717) is 56.3 Å². The molecular formula is C20H31N3O5. The number of methoxy groups -OCH3 is 3. The van der Waals surface area contributed by atoms with E-state index in [9.17, 15) is 9.59 Å². The first-order chi connectivity index (χ1) is 13.5. The maximum absolute atomic E-state index is 12.7. The van der Waals surface area contributed by atoms with Crippen molar-refractivity contribution in [3.8, 4) is 17.2 Å². The van der Waals surface area contributed by atoms with Crippen LogP contribution in [0.2, 0.25) is 0 Å². The zero-order valence-electron chi connectivity index (χ0n) is 17.0. The summed E-state index contributed by atoms with van der Waals surface area (Å²) < 4.78 is 16.0. The third-order valence-electron chi connectivity index (χ3n) is 4.94. The number of hydrogen-bond donors (Lipinski definition) is 2. The molecule has 0 spiro atoms. The zero-order valence-corrected chi connectivity index (χ0v) is 17.0. The van der Waals surface area contributed by atoms with Crippen molar-refractivity contribution in [3.63, 3.8) is 0 Å². The second-order valence-electron chi connectivity index (χ2n) is 6.79. The lowest BCUT2D eigenvalue weighted by atomic mass is 9.96. The monoisotopic (exact) mass is 393 g/mol. The van der Waals surface area contributed by atoms with E-state index >= 15 is 0 Å². The van der Waals surface area contributed by atoms with E-state index in [0.717, 1.165) is 18.4 Å². The highest BCUT2D eigenvalue weighted by Crippen LogP contribution is 2.38. The molecule has 2 amide bonds. The molecule has 1 atom stereocenters. The fourth-order valence-corrected chi connectivity index (χ4v) is 3.45. The average molecular weight is 393 g/mol. The Kier molecular flexibility index (Phi) is 8.38. The first kappa shape index (κ1) is 21.8. The van der Waals surface area contributed by atoms with Gasteiger partial charge in [0.05, 0.1) is 27.2 Å². The third-order valence-corrected chi connectivity index (χ3v) is 4.94. The second-order valence-corrected chi connectivity index (χ2v) is 6.79. The number of rotatable bonds is 9. The Morgan fingerprint density at radius 3 is 2.43 bits per heavy atom. The molecule has 1 aromatic carbocycles. The SMILES string of the molecule is COc1cc(CCC(=O)N2CCCC(C(=O)NCCN)C2)cc(OC)c1OC. The molecule has 0 radical (unpaired) electrons. The Hall–Kier alpha value is -2.48. The van der Waals surface area contributed by atoms with Crippen LogP contribution in [-0.4, -0.2) is 64.2 Å². The molecule has 1 aromatic rings. The highest BCUT2D eigenvalue weighted by molar-refractivity contribution is 5.81. The normalized spacial score (nSPS) is 16.4. The number of benzene rings is 1. The molecule has 0 aliphatic carbocycles. The summed E-state index contributed by atoms with van der Waals surface area (Å²) in [6, 6.07) is 3.71. The molecule has 1 unspecified atom stereocenters. The molecule has 0 aromatic heterocycles. The van der Waals surface area contributed by atoms with Crippen LogP contribution in [0.3, 0.4) is 0 Å². The number of aryl methyl sites for hydroxylation is 1. The molecule has 2 rings (SSSR count). The summed E-state index contributed by atoms with van der Waals surface area (Å²) in [5, 5.41) is 2.81. The van der Waals surface area contributed by atoms with Gasteiger partial charge in [-0.15, -0.1) is 0 Å². The quantitative estimate of drug-likeness (QED) is 0.648. The van der Waals surface area contributed by atoms with Crippen LogP contribution in [0, 0.1) is 5.92 Å². The minimum Gasteiger partial charge on any atom is -0.493 e. The van der Waals surface area contributed by atoms with Crippen LogP contribution in [0.5, 0.6) is 17.2 Å². The molecule has 1 saturated heterocycles. The van der Waals surface area contributed by atoms with Crippen LogP contribution in [0.4, 0.5) is 0 Å². The van der Waals surface area contributed by atoms with E-state index in [4.69, 9.17) is 19.9 Å². The van der Waals surface area contributed by atoms with Crippen molar-refractivity contribution in [1.29, 1.82) is 0 Å². The van der Waals surface area contributed by atoms with E-state index in [1.807, 2.05) is 12.1 Å². The minimum absolute atomic E-state index is 0.0208. The van der Waals surface area contributed by atoms with Gasteiger partial charge < -0.3 is 30.2 Å². The van der Waals surface area contributed by atoms with Crippen molar-refractivity contribution in [2.45, 2.75) is 25.7 Å². The summed E-state index contributed by atoms with van der Waals surface area (Å²) in [5.74, 6) is 1.53. The molecule has 156 valence electrons. The first-order valence-electron chi connectivity index (χ1n) is 9.58. The summed E-state index contributed by atoms with van der Waals surface area (Å²) in [6.45, 7) is 2.03. The van der Waals surface area contributed by atoms with Crippen molar-refractivity contribution in [3.05, 3.63) is 17.7 Å². The number of piperidine rings is 1. The minimum atomic E-state index is -0.162. The van der Waals surface area contributed by atoms with Crippen molar-refractivity contribution in [2.75, 3.05) is 47.5 Å². The molecule has 8 heteroatoms. The van der Waals surface area contributed by atoms with Gasteiger partial charge in [-0.2, -0.15) is 0 Å². The van der Waals surface area contributed by atoms with Crippen LogP contribution in [0.1, 0.15) is 24.8 Å². The summed E-state index contributed by atoms with van der Waals surface area (Å²) in [4.78, 5) is 26.6. The number of ether oxygens (including phenoxy) is 3. The number of nitrogens with one attached hydrogen (secondary N) is 1. The topological polar surface area (TPSA) is 103 Å². The fourth-order valence-electron chi connectivity index (χ4n) is 3.45. The molecule has 1 aliphatic rings. The van der Waals surface area contributed by atoms with Crippen LogP contribution in [0.25, 0.3) is 0 Å². The summed E-state index contributed by atoms with van der Waals surface area (Å²) in [5.41, 5.74) is 6.36. The molecule has 3 N–H and O–H groups in total. The van der Waals surface area contributed by atoms with Crippen molar-refractivity contribution in [1.82, 2.24) is 10.2 Å². The largest absolute Gasteiger partial charge is 0.493 e. The lowest BCUT2D eigenvalue weighted by molar-refractivity contribution is -0.135. The second kappa shape index (κ2) is 10.8. The Morgan fingerprint density at radius 2 is 1.86 bits per heavy atom. The Morgan fingerprint density at radius 1 is 1.18 bits per heavy atom. The number of nitrogens with two attached hydrogens (primary N) is 1. The zero-order chi connectivity index (χ0) is 20.5. The van der Waals surface area contributed by atoms with Gasteiger partial charge in [-0.05, 0) is 37.0 Å². The van der Waals surface area contributed by atoms with Crippen molar-refractivity contribution in [2.24, 2.45) is 11.7 Å². The smallest absolute Gasteiger partial charge is 0.224 e. The molecule has 0 bridgehead atoms. The first-order valence-corrected chi connectivity index (χ1v) is 9.58. The fraction of sp³-hybridized carbons (Fsp3) is 0.600. The van der Waals surface area contributed by atoms with Gasteiger partial charge in [0.25, 0.3) is 0 Å². The lowest BCUT2D eigenvalue weighted by Crippen LogP contribution is -2.46. The van der Waals surface area contributed by atoms with Gasteiger partial charge >= 0.3 is 0 Å². The molecule has 1 fully saturated rings. The molecule has 0 saturated carbocycles. The van der Waals surface area contributed by atoms with Gasteiger partial charge in [-0.25, -0.2) is 0 Å². The highest BCUT2D eigenvalue weighted by atomic mass is 16.5. The van der Waals surface area contributed by atoms with E-state index in [1.54, 1.807) is 26.2 Å². The maximum Gasteiger partial charge on any atom is 0.224 e. The number of amides is 2. The van der Waals surface area contributed by atoms with Crippen molar-refractivity contribution >= 4 is 11.8 Å². The van der Waals surface area contributed by atoms with Gasteiger partial charge in [-0.3, -0.25) is 9.59 Å². The van der Waals surface area contributed by atoms with Gasteiger partial charge in [0.15, 0.2) is 11.5 Å². The molecule has 28 heavy (non-hydrogen) atoms. The molecule has 1 heterocycles.